The van der Waals surface area contributed by atoms with Gasteiger partial charge < -0.3 is 4.74 Å². The Morgan fingerprint density at radius 1 is 0.686 bits per heavy atom. The number of aryl methyl sites for hydroxylation is 1. The van der Waals surface area contributed by atoms with Crippen molar-refractivity contribution in [1.29, 1.82) is 0 Å². The van der Waals surface area contributed by atoms with E-state index in [0.717, 1.165) is 61.2 Å². The number of fused-ring (bicyclic) bond motifs is 8. The van der Waals surface area contributed by atoms with Crippen molar-refractivity contribution >= 4 is 38.5 Å². The molecule has 0 aliphatic carbocycles. The zero-order valence-corrected chi connectivity index (χ0v) is 19.0. The molecule has 5 nitrogen and oxygen atoms in total. The number of nitrogens with zero attached hydrogens (tertiary/aromatic N) is 4. The van der Waals surface area contributed by atoms with Crippen molar-refractivity contribution in [2.75, 3.05) is 0 Å². The van der Waals surface area contributed by atoms with Crippen LogP contribution in [0.3, 0.4) is 0 Å². The first-order valence-electron chi connectivity index (χ1n) is 11.5. The molecule has 7 rings (SSSR count). The van der Waals surface area contributed by atoms with Crippen molar-refractivity contribution in [3.63, 3.8) is 0 Å². The van der Waals surface area contributed by atoms with Crippen LogP contribution in [0, 0.1) is 6.92 Å². The molecule has 3 aromatic carbocycles. The highest BCUT2D eigenvalue weighted by Gasteiger charge is 2.15. The van der Waals surface area contributed by atoms with Gasteiger partial charge in [-0.15, -0.1) is 0 Å². The van der Waals surface area contributed by atoms with E-state index in [4.69, 9.17) is 14.7 Å². The lowest BCUT2D eigenvalue weighted by Crippen LogP contribution is -1.94. The van der Waals surface area contributed by atoms with E-state index in [0.29, 0.717) is 0 Å². The molecule has 166 valence electrons. The predicted molar refractivity (Wildman–Crippen MR) is 140 cm³/mol. The summed E-state index contributed by atoms with van der Waals surface area (Å²) in [5.41, 5.74) is 8.01. The Labute approximate surface area is 201 Å². The van der Waals surface area contributed by atoms with Gasteiger partial charge in [0.1, 0.15) is 17.1 Å². The monoisotopic (exact) mass is 452 g/mol. The van der Waals surface area contributed by atoms with Crippen LogP contribution in [0.5, 0.6) is 11.5 Å². The molecule has 0 saturated heterocycles. The van der Waals surface area contributed by atoms with Gasteiger partial charge in [-0.1, -0.05) is 24.3 Å². The van der Waals surface area contributed by atoms with Gasteiger partial charge in [0, 0.05) is 28.7 Å². The molecular weight excluding hydrogens is 432 g/mol. The minimum atomic E-state index is 0.746. The van der Waals surface area contributed by atoms with Crippen molar-refractivity contribution in [2.45, 2.75) is 6.92 Å². The fourth-order valence-electron chi connectivity index (χ4n) is 4.76. The molecule has 0 aliphatic rings. The molecule has 0 bridgehead atoms. The molecule has 5 heteroatoms. The summed E-state index contributed by atoms with van der Waals surface area (Å²) in [5.74, 6) is 1.50. The Bertz CT molecular complexity index is 1900. The molecular formula is C30H20N4O. The van der Waals surface area contributed by atoms with Crippen molar-refractivity contribution < 1.29 is 4.74 Å². The zero-order chi connectivity index (χ0) is 23.4. The lowest BCUT2D eigenvalue weighted by atomic mass is 10.1. The van der Waals surface area contributed by atoms with Gasteiger partial charge in [-0.3, -0.25) is 14.4 Å². The van der Waals surface area contributed by atoms with E-state index in [2.05, 4.69) is 46.6 Å². The van der Waals surface area contributed by atoms with E-state index in [-0.39, 0.29) is 0 Å². The Morgan fingerprint density at radius 2 is 1.57 bits per heavy atom. The Hall–Kier alpha value is -4.77. The van der Waals surface area contributed by atoms with E-state index in [9.17, 15) is 0 Å². The summed E-state index contributed by atoms with van der Waals surface area (Å²) in [5, 5.41) is 2.05. The van der Waals surface area contributed by atoms with Crippen LogP contribution in [-0.4, -0.2) is 19.4 Å². The normalized spacial score (nSPS) is 11.6. The highest BCUT2D eigenvalue weighted by atomic mass is 16.5. The first-order chi connectivity index (χ1) is 17.2. The second kappa shape index (κ2) is 7.64. The zero-order valence-electron chi connectivity index (χ0n) is 19.0. The van der Waals surface area contributed by atoms with Gasteiger partial charge in [0.15, 0.2) is 0 Å². The third-order valence-corrected chi connectivity index (χ3v) is 6.36. The van der Waals surface area contributed by atoms with E-state index >= 15 is 0 Å². The van der Waals surface area contributed by atoms with Crippen molar-refractivity contribution in [2.24, 2.45) is 0 Å². The highest BCUT2D eigenvalue weighted by molar-refractivity contribution is 6.12. The summed E-state index contributed by atoms with van der Waals surface area (Å²) in [7, 11) is 0. The van der Waals surface area contributed by atoms with Crippen LogP contribution in [0.1, 0.15) is 5.56 Å². The second-order valence-corrected chi connectivity index (χ2v) is 8.69. The van der Waals surface area contributed by atoms with E-state index < -0.39 is 0 Å². The largest absolute Gasteiger partial charge is 0.457 e. The summed E-state index contributed by atoms with van der Waals surface area (Å²) in [6.45, 7) is 2.07. The minimum absolute atomic E-state index is 0.746. The molecule has 0 radical (unpaired) electrons. The average Bonchev–Trinajstić information content (AvgIpc) is 3.29. The van der Waals surface area contributed by atoms with Gasteiger partial charge in [0.2, 0.25) is 0 Å². The number of benzene rings is 3. The maximum atomic E-state index is 6.33. The van der Waals surface area contributed by atoms with Gasteiger partial charge in [-0.2, -0.15) is 0 Å². The molecule has 0 spiro atoms. The van der Waals surface area contributed by atoms with Crippen LogP contribution < -0.4 is 4.74 Å². The maximum absolute atomic E-state index is 6.33. The third-order valence-electron chi connectivity index (χ3n) is 6.36. The summed E-state index contributed by atoms with van der Waals surface area (Å²) in [4.78, 5) is 14.2. The van der Waals surface area contributed by atoms with Gasteiger partial charge in [0.05, 0.1) is 27.8 Å². The Morgan fingerprint density at radius 3 is 2.51 bits per heavy atom. The van der Waals surface area contributed by atoms with Crippen molar-refractivity contribution in [1.82, 2.24) is 19.4 Å². The molecule has 0 unspecified atom stereocenters. The van der Waals surface area contributed by atoms with Gasteiger partial charge in [0.25, 0.3) is 0 Å². The molecule has 0 amide bonds. The SMILES string of the molecule is Cc1ccnc(-c2cccc(Oc3ccc4c(c3)c3nc5ccccc5n3c3cccnc43)c2)c1. The number of imidazole rings is 1. The van der Waals surface area contributed by atoms with E-state index in [1.807, 2.05) is 73.1 Å². The van der Waals surface area contributed by atoms with Gasteiger partial charge >= 0.3 is 0 Å². The summed E-state index contributed by atoms with van der Waals surface area (Å²) in [6.07, 6.45) is 3.67. The molecule has 0 aliphatic heterocycles. The number of hydrogen-bond acceptors (Lipinski definition) is 4. The maximum Gasteiger partial charge on any atom is 0.146 e. The molecule has 0 N–H and O–H groups in total. The average molecular weight is 453 g/mol. The summed E-state index contributed by atoms with van der Waals surface area (Å²) >= 11 is 0. The fourth-order valence-corrected chi connectivity index (χ4v) is 4.76. The van der Waals surface area contributed by atoms with Gasteiger partial charge in [-0.25, -0.2) is 4.98 Å². The van der Waals surface area contributed by atoms with Crippen LogP contribution in [0.2, 0.25) is 0 Å². The molecule has 7 aromatic rings. The fraction of sp³-hybridized carbons (Fsp3) is 0.0333. The third kappa shape index (κ3) is 3.21. The van der Waals surface area contributed by atoms with Crippen LogP contribution in [0.25, 0.3) is 49.7 Å². The smallest absolute Gasteiger partial charge is 0.146 e. The number of aromatic nitrogens is 4. The number of ether oxygens (including phenoxy) is 1. The lowest BCUT2D eigenvalue weighted by Gasteiger charge is -2.11. The summed E-state index contributed by atoms with van der Waals surface area (Å²) in [6, 6.07) is 30.5. The van der Waals surface area contributed by atoms with Crippen LogP contribution in [0.15, 0.2) is 103 Å². The Kier molecular flexibility index (Phi) is 4.29. The van der Waals surface area contributed by atoms with Crippen LogP contribution in [0.4, 0.5) is 0 Å². The topological polar surface area (TPSA) is 52.3 Å². The Balaban J connectivity index is 1.40. The molecule has 0 atom stereocenters. The number of hydrogen-bond donors (Lipinski definition) is 0. The van der Waals surface area contributed by atoms with E-state index in [1.54, 1.807) is 0 Å². The first kappa shape index (κ1) is 19.7. The van der Waals surface area contributed by atoms with Crippen molar-refractivity contribution in [3.05, 3.63) is 109 Å². The minimum Gasteiger partial charge on any atom is -0.457 e. The highest BCUT2D eigenvalue weighted by Crippen LogP contribution is 2.35. The lowest BCUT2D eigenvalue weighted by molar-refractivity contribution is 0.483. The van der Waals surface area contributed by atoms with Crippen LogP contribution in [-0.2, 0) is 0 Å². The van der Waals surface area contributed by atoms with Crippen molar-refractivity contribution in [3.8, 4) is 22.8 Å². The second-order valence-electron chi connectivity index (χ2n) is 8.69. The summed E-state index contributed by atoms with van der Waals surface area (Å²) < 4.78 is 8.52. The molecule has 35 heavy (non-hydrogen) atoms. The molecule has 0 saturated carbocycles. The molecule has 0 fully saturated rings. The van der Waals surface area contributed by atoms with E-state index in [1.165, 1.54) is 5.56 Å². The first-order valence-corrected chi connectivity index (χ1v) is 11.5. The molecule has 4 heterocycles. The number of pyridine rings is 3. The van der Waals surface area contributed by atoms with Crippen LogP contribution >= 0.6 is 0 Å². The number of rotatable bonds is 3. The number of para-hydroxylation sites is 2. The quantitative estimate of drug-likeness (QED) is 0.263. The predicted octanol–water partition coefficient (Wildman–Crippen LogP) is 7.35. The molecule has 4 aromatic heterocycles. The standard InChI is InChI=1S/C30H20N4O/c1-19-13-15-31-26(16-19)20-6-4-7-21(17-20)35-22-11-12-23-24(18-22)30-33-25-8-2-3-9-27(25)34(30)28-10-5-14-32-29(23)28/h2-18H,1H3. The van der Waals surface area contributed by atoms with Gasteiger partial charge in [-0.05, 0) is 79.2 Å².